The summed E-state index contributed by atoms with van der Waals surface area (Å²) in [6.07, 6.45) is 1.58. The maximum Gasteiger partial charge on any atom is 0.305 e. The Labute approximate surface area is 158 Å². The van der Waals surface area contributed by atoms with E-state index < -0.39 is 11.9 Å². The molecule has 0 aliphatic carbocycles. The number of esters is 1. The number of aliphatic carboxylic acids is 2. The number of ether oxygens (including phenoxy) is 3. The predicted molar refractivity (Wildman–Crippen MR) is 93.2 cm³/mol. The van der Waals surface area contributed by atoms with Crippen LogP contribution in [0.15, 0.2) is 0 Å². The van der Waals surface area contributed by atoms with Crippen LogP contribution < -0.4 is 5.32 Å². The lowest BCUT2D eigenvalue weighted by atomic mass is 10.2. The molecule has 0 saturated carbocycles. The molecule has 0 aromatic heterocycles. The standard InChI is InChI=1S/C17H29NO9/c19-14(6-7-16(22)23)18-8-3-9-25-10-11-26-12-13-27-17(24)5-2-1-4-15(20)21/h1-13H2,(H,18,19)(H,20,21)(H,22,23). The molecule has 0 rings (SSSR count). The molecule has 10 nitrogen and oxygen atoms in total. The first-order chi connectivity index (χ1) is 12.9. The number of carbonyl (C=O) groups is 4. The van der Waals surface area contributed by atoms with Gasteiger partial charge in [0.2, 0.25) is 5.91 Å². The highest BCUT2D eigenvalue weighted by Crippen LogP contribution is 2.01. The summed E-state index contributed by atoms with van der Waals surface area (Å²) in [7, 11) is 0. The lowest BCUT2D eigenvalue weighted by molar-refractivity contribution is -0.146. The largest absolute Gasteiger partial charge is 0.481 e. The average molecular weight is 391 g/mol. The molecule has 0 atom stereocenters. The minimum atomic E-state index is -1.00. The van der Waals surface area contributed by atoms with Gasteiger partial charge in [-0.25, -0.2) is 0 Å². The average Bonchev–Trinajstić information content (AvgIpc) is 2.61. The fourth-order valence-corrected chi connectivity index (χ4v) is 1.87. The number of carbonyl (C=O) groups excluding carboxylic acids is 2. The zero-order chi connectivity index (χ0) is 20.3. The Morgan fingerprint density at radius 2 is 1.26 bits per heavy atom. The van der Waals surface area contributed by atoms with Crippen molar-refractivity contribution < 1.29 is 43.6 Å². The lowest BCUT2D eigenvalue weighted by Crippen LogP contribution is -2.25. The van der Waals surface area contributed by atoms with Gasteiger partial charge in [0, 0.05) is 32.4 Å². The number of amides is 1. The van der Waals surface area contributed by atoms with Crippen LogP contribution in [-0.2, 0) is 33.4 Å². The van der Waals surface area contributed by atoms with Crippen molar-refractivity contribution in [3.05, 3.63) is 0 Å². The molecule has 0 spiro atoms. The fourth-order valence-electron chi connectivity index (χ4n) is 1.87. The minimum absolute atomic E-state index is 0.0308. The molecule has 10 heteroatoms. The molecule has 0 aliphatic heterocycles. The van der Waals surface area contributed by atoms with E-state index in [0.29, 0.717) is 45.6 Å². The van der Waals surface area contributed by atoms with Crippen molar-refractivity contribution in [1.82, 2.24) is 5.32 Å². The molecule has 0 aromatic rings. The maximum absolute atomic E-state index is 11.3. The van der Waals surface area contributed by atoms with Gasteiger partial charge in [0.05, 0.1) is 26.2 Å². The smallest absolute Gasteiger partial charge is 0.305 e. The Hall–Kier alpha value is -2.20. The molecular weight excluding hydrogens is 362 g/mol. The van der Waals surface area contributed by atoms with E-state index in [-0.39, 0.29) is 50.8 Å². The summed E-state index contributed by atoms with van der Waals surface area (Å²) < 4.78 is 15.5. The van der Waals surface area contributed by atoms with Gasteiger partial charge < -0.3 is 29.7 Å². The molecule has 156 valence electrons. The summed E-state index contributed by atoms with van der Waals surface area (Å²) in [4.78, 5) is 43.2. The molecule has 0 aliphatic rings. The molecule has 0 radical (unpaired) electrons. The number of rotatable bonds is 18. The zero-order valence-electron chi connectivity index (χ0n) is 15.4. The third-order valence-corrected chi connectivity index (χ3v) is 3.24. The SMILES string of the molecule is O=C(O)CCCCC(=O)OCCOCCOCCCNC(=O)CCC(=O)O. The number of carboxylic acid groups (broad SMARTS) is 2. The molecule has 27 heavy (non-hydrogen) atoms. The summed E-state index contributed by atoms with van der Waals surface area (Å²) in [5.41, 5.74) is 0. The van der Waals surface area contributed by atoms with Crippen LogP contribution in [0.4, 0.5) is 0 Å². The van der Waals surface area contributed by atoms with E-state index in [4.69, 9.17) is 24.4 Å². The summed E-state index contributed by atoms with van der Waals surface area (Å²) in [5.74, 6) is -2.54. The van der Waals surface area contributed by atoms with Gasteiger partial charge in [-0.15, -0.1) is 0 Å². The monoisotopic (exact) mass is 391 g/mol. The molecule has 0 heterocycles. The second kappa shape index (κ2) is 17.2. The van der Waals surface area contributed by atoms with Crippen LogP contribution in [0.3, 0.4) is 0 Å². The van der Waals surface area contributed by atoms with Crippen molar-refractivity contribution >= 4 is 23.8 Å². The predicted octanol–water partition coefficient (Wildman–Crippen LogP) is 0.579. The van der Waals surface area contributed by atoms with Crippen LogP contribution in [-0.4, -0.2) is 73.6 Å². The van der Waals surface area contributed by atoms with Crippen molar-refractivity contribution in [3.63, 3.8) is 0 Å². The van der Waals surface area contributed by atoms with Gasteiger partial charge in [-0.05, 0) is 19.3 Å². The number of nitrogens with one attached hydrogen (secondary N) is 1. The van der Waals surface area contributed by atoms with Crippen molar-refractivity contribution in [1.29, 1.82) is 0 Å². The van der Waals surface area contributed by atoms with Crippen LogP contribution in [0, 0.1) is 0 Å². The number of hydrogen-bond acceptors (Lipinski definition) is 7. The third kappa shape index (κ3) is 20.0. The number of unbranched alkanes of at least 4 members (excludes halogenated alkanes) is 1. The second-order valence-corrected chi connectivity index (χ2v) is 5.64. The molecule has 0 aromatic carbocycles. The number of hydrogen-bond donors (Lipinski definition) is 3. The van der Waals surface area contributed by atoms with Crippen LogP contribution in [0.5, 0.6) is 0 Å². The van der Waals surface area contributed by atoms with E-state index in [1.807, 2.05) is 0 Å². The molecule has 0 unspecified atom stereocenters. The molecular formula is C17H29NO9. The maximum atomic E-state index is 11.3. The van der Waals surface area contributed by atoms with Crippen molar-refractivity contribution in [3.8, 4) is 0 Å². The van der Waals surface area contributed by atoms with Crippen LogP contribution in [0.1, 0.15) is 44.9 Å². The first kappa shape index (κ1) is 24.8. The highest BCUT2D eigenvalue weighted by Gasteiger charge is 2.05. The van der Waals surface area contributed by atoms with E-state index in [2.05, 4.69) is 5.32 Å². The Kier molecular flexibility index (Phi) is 15.8. The first-order valence-corrected chi connectivity index (χ1v) is 8.93. The normalized spacial score (nSPS) is 10.4. The minimum Gasteiger partial charge on any atom is -0.481 e. The molecule has 0 fully saturated rings. The Morgan fingerprint density at radius 3 is 1.93 bits per heavy atom. The summed E-state index contributed by atoms with van der Waals surface area (Å²) in [5, 5.41) is 19.5. The van der Waals surface area contributed by atoms with Crippen molar-refractivity contribution in [2.24, 2.45) is 0 Å². The molecule has 0 bridgehead atoms. The Bertz CT molecular complexity index is 454. The van der Waals surface area contributed by atoms with Crippen LogP contribution in [0.2, 0.25) is 0 Å². The van der Waals surface area contributed by atoms with Gasteiger partial charge in [-0.1, -0.05) is 0 Å². The van der Waals surface area contributed by atoms with E-state index in [1.54, 1.807) is 0 Å². The summed E-state index contributed by atoms with van der Waals surface area (Å²) >= 11 is 0. The first-order valence-electron chi connectivity index (χ1n) is 8.93. The summed E-state index contributed by atoms with van der Waals surface area (Å²) in [6.45, 7) is 1.97. The van der Waals surface area contributed by atoms with E-state index in [9.17, 15) is 19.2 Å². The van der Waals surface area contributed by atoms with Gasteiger partial charge in [-0.2, -0.15) is 0 Å². The third-order valence-electron chi connectivity index (χ3n) is 3.24. The van der Waals surface area contributed by atoms with Crippen molar-refractivity contribution in [2.45, 2.75) is 44.9 Å². The fraction of sp³-hybridized carbons (Fsp3) is 0.765. The second-order valence-electron chi connectivity index (χ2n) is 5.64. The van der Waals surface area contributed by atoms with Gasteiger partial charge in [0.25, 0.3) is 0 Å². The van der Waals surface area contributed by atoms with E-state index in [0.717, 1.165) is 0 Å². The van der Waals surface area contributed by atoms with Gasteiger partial charge in [0.1, 0.15) is 6.61 Å². The molecule has 1 amide bonds. The lowest BCUT2D eigenvalue weighted by Gasteiger charge is -2.07. The highest BCUT2D eigenvalue weighted by molar-refractivity contribution is 5.80. The van der Waals surface area contributed by atoms with Gasteiger partial charge in [0.15, 0.2) is 0 Å². The van der Waals surface area contributed by atoms with Crippen molar-refractivity contribution in [2.75, 3.05) is 39.6 Å². The van der Waals surface area contributed by atoms with Gasteiger partial charge in [-0.3, -0.25) is 19.2 Å². The molecule has 3 N–H and O–H groups in total. The number of carboxylic acids is 2. The van der Waals surface area contributed by atoms with Gasteiger partial charge >= 0.3 is 17.9 Å². The topological polar surface area (TPSA) is 148 Å². The zero-order valence-corrected chi connectivity index (χ0v) is 15.4. The van der Waals surface area contributed by atoms with Crippen LogP contribution >= 0.6 is 0 Å². The van der Waals surface area contributed by atoms with E-state index in [1.165, 1.54) is 0 Å². The quantitative estimate of drug-likeness (QED) is 0.225. The summed E-state index contributed by atoms with van der Waals surface area (Å²) in [6, 6.07) is 0. The van der Waals surface area contributed by atoms with E-state index >= 15 is 0 Å². The Balaban J connectivity index is 3.26. The molecule has 0 saturated heterocycles. The Morgan fingerprint density at radius 1 is 0.667 bits per heavy atom. The van der Waals surface area contributed by atoms with Crippen LogP contribution in [0.25, 0.3) is 0 Å². The highest BCUT2D eigenvalue weighted by atomic mass is 16.6.